The second-order valence-corrected chi connectivity index (χ2v) is 3.84. The topological polar surface area (TPSA) is 29.3 Å². The minimum Gasteiger partial charge on any atom is -0.269 e. The fourth-order valence-corrected chi connectivity index (χ4v) is 2.33. The molecule has 0 aromatic rings. The van der Waals surface area contributed by atoms with E-state index in [4.69, 9.17) is 5.84 Å². The van der Waals surface area contributed by atoms with Crippen LogP contribution in [0.15, 0.2) is 11.6 Å². The van der Waals surface area contributed by atoms with Gasteiger partial charge in [-0.05, 0) is 32.1 Å². The third kappa shape index (κ3) is 1.21. The molecule has 2 aliphatic rings. The third-order valence-electron chi connectivity index (χ3n) is 3.02. The molecule has 11 heavy (non-hydrogen) atoms. The molecule has 2 atom stereocenters. The lowest BCUT2D eigenvalue weighted by Crippen LogP contribution is -2.39. The molecular formula is C9H16N2. The van der Waals surface area contributed by atoms with E-state index in [0.29, 0.717) is 6.04 Å². The number of hydrogen-bond acceptors (Lipinski definition) is 2. The number of rotatable bonds is 0. The Labute approximate surface area is 68.0 Å². The second-order valence-electron chi connectivity index (χ2n) is 3.84. The molecule has 0 spiro atoms. The SMILES string of the molecule is CC1=CCC2C(CCN2N)C1. The van der Waals surface area contributed by atoms with Crippen molar-refractivity contribution in [2.45, 2.75) is 32.2 Å². The highest BCUT2D eigenvalue weighted by atomic mass is 15.4. The zero-order chi connectivity index (χ0) is 7.84. The van der Waals surface area contributed by atoms with Crippen molar-refractivity contribution in [1.29, 1.82) is 0 Å². The van der Waals surface area contributed by atoms with E-state index in [1.54, 1.807) is 5.57 Å². The van der Waals surface area contributed by atoms with Crippen molar-refractivity contribution in [2.75, 3.05) is 6.54 Å². The van der Waals surface area contributed by atoms with Crippen molar-refractivity contribution in [3.05, 3.63) is 11.6 Å². The Kier molecular flexibility index (Phi) is 1.74. The number of hydrazine groups is 1. The van der Waals surface area contributed by atoms with Gasteiger partial charge in [0.15, 0.2) is 0 Å². The van der Waals surface area contributed by atoms with Crippen LogP contribution >= 0.6 is 0 Å². The molecular weight excluding hydrogens is 136 g/mol. The van der Waals surface area contributed by atoms with Gasteiger partial charge in [0.05, 0.1) is 0 Å². The Hall–Kier alpha value is -0.340. The molecule has 0 aromatic heterocycles. The molecule has 2 unspecified atom stereocenters. The number of nitrogens with zero attached hydrogens (tertiary/aromatic N) is 1. The van der Waals surface area contributed by atoms with Gasteiger partial charge in [0.1, 0.15) is 0 Å². The van der Waals surface area contributed by atoms with Gasteiger partial charge in [-0.3, -0.25) is 5.84 Å². The van der Waals surface area contributed by atoms with E-state index >= 15 is 0 Å². The van der Waals surface area contributed by atoms with E-state index in [9.17, 15) is 0 Å². The predicted octanol–water partition coefficient (Wildman–Crippen LogP) is 1.29. The fourth-order valence-electron chi connectivity index (χ4n) is 2.33. The van der Waals surface area contributed by atoms with Crippen LogP contribution in [0.1, 0.15) is 26.2 Å². The van der Waals surface area contributed by atoms with Crippen LogP contribution in [0.2, 0.25) is 0 Å². The van der Waals surface area contributed by atoms with Crippen molar-refractivity contribution < 1.29 is 0 Å². The molecule has 1 aliphatic carbocycles. The zero-order valence-corrected chi connectivity index (χ0v) is 7.09. The second kappa shape index (κ2) is 2.61. The van der Waals surface area contributed by atoms with Crippen molar-refractivity contribution in [2.24, 2.45) is 11.8 Å². The molecule has 0 amide bonds. The van der Waals surface area contributed by atoms with Gasteiger partial charge in [-0.2, -0.15) is 0 Å². The summed E-state index contributed by atoms with van der Waals surface area (Å²) in [6.07, 6.45) is 6.09. The Balaban J connectivity index is 2.11. The molecule has 0 aromatic carbocycles. The first-order chi connectivity index (χ1) is 5.27. The molecule has 1 fully saturated rings. The monoisotopic (exact) mass is 152 g/mol. The highest BCUT2D eigenvalue weighted by molar-refractivity contribution is 5.09. The van der Waals surface area contributed by atoms with Crippen molar-refractivity contribution in [3.63, 3.8) is 0 Å². The van der Waals surface area contributed by atoms with Crippen molar-refractivity contribution >= 4 is 0 Å². The van der Waals surface area contributed by atoms with E-state index in [0.717, 1.165) is 12.5 Å². The lowest BCUT2D eigenvalue weighted by Gasteiger charge is -2.27. The van der Waals surface area contributed by atoms with Gasteiger partial charge in [0, 0.05) is 12.6 Å². The molecule has 2 rings (SSSR count). The molecule has 0 bridgehead atoms. The van der Waals surface area contributed by atoms with Crippen LogP contribution in [-0.2, 0) is 0 Å². The molecule has 62 valence electrons. The van der Waals surface area contributed by atoms with Crippen molar-refractivity contribution in [3.8, 4) is 0 Å². The fraction of sp³-hybridized carbons (Fsp3) is 0.778. The summed E-state index contributed by atoms with van der Waals surface area (Å²) in [5.74, 6) is 6.69. The minimum atomic E-state index is 0.652. The summed E-state index contributed by atoms with van der Waals surface area (Å²) in [5.41, 5.74) is 1.56. The molecule has 1 heterocycles. The summed E-state index contributed by atoms with van der Waals surface area (Å²) in [6, 6.07) is 0.652. The molecule has 0 saturated carbocycles. The predicted molar refractivity (Wildman–Crippen MR) is 45.8 cm³/mol. The summed E-state index contributed by atoms with van der Waals surface area (Å²) in [4.78, 5) is 0. The van der Waals surface area contributed by atoms with Crippen LogP contribution in [0.25, 0.3) is 0 Å². The highest BCUT2D eigenvalue weighted by Gasteiger charge is 2.33. The molecule has 1 aliphatic heterocycles. The lowest BCUT2D eigenvalue weighted by atomic mass is 9.86. The normalized spacial score (nSPS) is 38.5. The van der Waals surface area contributed by atoms with Gasteiger partial charge >= 0.3 is 0 Å². The van der Waals surface area contributed by atoms with E-state index in [-0.39, 0.29) is 0 Å². The molecule has 2 heteroatoms. The number of fused-ring (bicyclic) bond motifs is 1. The van der Waals surface area contributed by atoms with E-state index in [1.165, 1.54) is 19.3 Å². The van der Waals surface area contributed by atoms with Gasteiger partial charge in [0.2, 0.25) is 0 Å². The zero-order valence-electron chi connectivity index (χ0n) is 7.09. The summed E-state index contributed by atoms with van der Waals surface area (Å²) in [6.45, 7) is 3.33. The lowest BCUT2D eigenvalue weighted by molar-refractivity contribution is 0.225. The molecule has 1 saturated heterocycles. The summed E-state index contributed by atoms with van der Waals surface area (Å²) < 4.78 is 0. The van der Waals surface area contributed by atoms with Crippen LogP contribution in [0, 0.1) is 5.92 Å². The Morgan fingerprint density at radius 2 is 2.45 bits per heavy atom. The Morgan fingerprint density at radius 3 is 3.27 bits per heavy atom. The van der Waals surface area contributed by atoms with Gasteiger partial charge in [-0.1, -0.05) is 11.6 Å². The van der Waals surface area contributed by atoms with E-state index in [1.807, 2.05) is 5.01 Å². The van der Waals surface area contributed by atoms with Gasteiger partial charge in [-0.25, -0.2) is 5.01 Å². The van der Waals surface area contributed by atoms with E-state index in [2.05, 4.69) is 13.0 Å². The third-order valence-corrected chi connectivity index (χ3v) is 3.02. The largest absolute Gasteiger partial charge is 0.269 e. The summed E-state index contributed by atoms with van der Waals surface area (Å²) in [5, 5.41) is 2.02. The van der Waals surface area contributed by atoms with Crippen LogP contribution in [-0.4, -0.2) is 17.6 Å². The first-order valence-electron chi connectivity index (χ1n) is 4.44. The van der Waals surface area contributed by atoms with Crippen LogP contribution < -0.4 is 5.84 Å². The first kappa shape index (κ1) is 7.32. The van der Waals surface area contributed by atoms with Gasteiger partial charge < -0.3 is 0 Å². The van der Waals surface area contributed by atoms with Crippen LogP contribution in [0.4, 0.5) is 0 Å². The highest BCUT2D eigenvalue weighted by Crippen LogP contribution is 2.33. The maximum absolute atomic E-state index is 5.84. The summed E-state index contributed by atoms with van der Waals surface area (Å²) in [7, 11) is 0. The number of allylic oxidation sites excluding steroid dienone is 1. The van der Waals surface area contributed by atoms with E-state index < -0.39 is 0 Å². The van der Waals surface area contributed by atoms with Crippen LogP contribution in [0.5, 0.6) is 0 Å². The maximum atomic E-state index is 5.84. The molecule has 2 N–H and O–H groups in total. The number of hydrogen-bond donors (Lipinski definition) is 1. The standard InChI is InChI=1S/C9H16N2/c1-7-2-3-9-8(6-7)4-5-11(9)10/h2,8-9H,3-6,10H2,1H3. The van der Waals surface area contributed by atoms with Gasteiger partial charge in [-0.15, -0.1) is 0 Å². The summed E-state index contributed by atoms with van der Waals surface area (Å²) >= 11 is 0. The number of nitrogens with two attached hydrogens (primary N) is 1. The quantitative estimate of drug-likeness (QED) is 0.418. The molecule has 2 nitrogen and oxygen atoms in total. The Bertz CT molecular complexity index is 186. The Morgan fingerprint density at radius 1 is 1.64 bits per heavy atom. The molecule has 0 radical (unpaired) electrons. The average Bonchev–Trinajstić information content (AvgIpc) is 2.32. The minimum absolute atomic E-state index is 0.652. The average molecular weight is 152 g/mol. The van der Waals surface area contributed by atoms with Crippen LogP contribution in [0.3, 0.4) is 0 Å². The van der Waals surface area contributed by atoms with Gasteiger partial charge in [0.25, 0.3) is 0 Å². The maximum Gasteiger partial charge on any atom is 0.0307 e. The first-order valence-corrected chi connectivity index (χ1v) is 4.44. The van der Waals surface area contributed by atoms with Crippen molar-refractivity contribution in [1.82, 2.24) is 5.01 Å². The smallest absolute Gasteiger partial charge is 0.0307 e.